The van der Waals surface area contributed by atoms with Crippen LogP contribution < -0.4 is 4.74 Å². The highest BCUT2D eigenvalue weighted by Gasteiger charge is 2.29. The molecule has 1 atom stereocenters. The first-order valence-electron chi connectivity index (χ1n) is 11.8. The van der Waals surface area contributed by atoms with Crippen LogP contribution in [0.25, 0.3) is 0 Å². The summed E-state index contributed by atoms with van der Waals surface area (Å²) in [5.41, 5.74) is 2.92. The molecule has 0 unspecified atom stereocenters. The molecular formula is C28H29N3O2. The van der Waals surface area contributed by atoms with Gasteiger partial charge in [-0.25, -0.2) is 4.99 Å². The summed E-state index contributed by atoms with van der Waals surface area (Å²) >= 11 is 0. The molecule has 0 aliphatic carbocycles. The van der Waals surface area contributed by atoms with E-state index >= 15 is 0 Å². The van der Waals surface area contributed by atoms with Gasteiger partial charge >= 0.3 is 0 Å². The third-order valence-corrected chi connectivity index (χ3v) is 6.45. The number of rotatable bonds is 3. The van der Waals surface area contributed by atoms with E-state index in [1.165, 1.54) is 0 Å². The van der Waals surface area contributed by atoms with Gasteiger partial charge in [-0.2, -0.15) is 0 Å². The van der Waals surface area contributed by atoms with Gasteiger partial charge in [-0.05, 0) is 42.7 Å². The Hall–Kier alpha value is -3.60. The maximum atomic E-state index is 13.4. The monoisotopic (exact) mass is 439 g/mol. The van der Waals surface area contributed by atoms with Crippen molar-refractivity contribution in [2.24, 2.45) is 4.99 Å². The molecule has 2 aliphatic heterocycles. The van der Waals surface area contributed by atoms with E-state index in [-0.39, 0.29) is 11.8 Å². The SMILES string of the molecule is CC[C@@H](C(=O)N1CCCN(C2=Nc3ccccc3Oc3ccccc32)CC1)c1ccccc1. The second-order valence-electron chi connectivity index (χ2n) is 8.54. The maximum Gasteiger partial charge on any atom is 0.230 e. The first kappa shape index (κ1) is 21.3. The first-order chi connectivity index (χ1) is 16.2. The third-order valence-electron chi connectivity index (χ3n) is 6.45. The van der Waals surface area contributed by atoms with Crippen molar-refractivity contribution in [2.45, 2.75) is 25.7 Å². The molecule has 168 valence electrons. The van der Waals surface area contributed by atoms with E-state index in [4.69, 9.17) is 9.73 Å². The molecule has 0 radical (unpaired) electrons. The molecule has 1 amide bonds. The fourth-order valence-electron chi connectivity index (χ4n) is 4.72. The second-order valence-corrected chi connectivity index (χ2v) is 8.54. The fraction of sp³-hybridized carbons (Fsp3) is 0.286. The Kier molecular flexibility index (Phi) is 6.11. The minimum absolute atomic E-state index is 0.0889. The molecule has 2 aliphatic rings. The zero-order valence-electron chi connectivity index (χ0n) is 19.0. The van der Waals surface area contributed by atoms with Gasteiger partial charge in [-0.3, -0.25) is 4.79 Å². The van der Waals surface area contributed by atoms with Crippen molar-refractivity contribution >= 4 is 17.4 Å². The Labute approximate surface area is 195 Å². The fourth-order valence-corrected chi connectivity index (χ4v) is 4.72. The number of nitrogens with zero attached hydrogens (tertiary/aromatic N) is 3. The van der Waals surface area contributed by atoms with Crippen LogP contribution in [0, 0.1) is 0 Å². The number of carbonyl (C=O) groups excluding carboxylic acids is 1. The van der Waals surface area contributed by atoms with Crippen LogP contribution in [0.1, 0.15) is 36.8 Å². The van der Waals surface area contributed by atoms with E-state index in [1.807, 2.05) is 65.6 Å². The van der Waals surface area contributed by atoms with Crippen LogP contribution in [0.2, 0.25) is 0 Å². The quantitative estimate of drug-likeness (QED) is 0.534. The molecule has 0 bridgehead atoms. The van der Waals surface area contributed by atoms with Crippen LogP contribution in [-0.4, -0.2) is 47.7 Å². The van der Waals surface area contributed by atoms with Crippen LogP contribution in [0.5, 0.6) is 11.5 Å². The van der Waals surface area contributed by atoms with E-state index in [0.29, 0.717) is 6.54 Å². The lowest BCUT2D eigenvalue weighted by Gasteiger charge is -2.27. The zero-order valence-corrected chi connectivity index (χ0v) is 19.0. The summed E-state index contributed by atoms with van der Waals surface area (Å²) in [4.78, 5) is 22.8. The molecule has 3 aromatic rings. The highest BCUT2D eigenvalue weighted by molar-refractivity contribution is 6.03. The molecule has 5 rings (SSSR count). The van der Waals surface area contributed by atoms with E-state index < -0.39 is 0 Å². The van der Waals surface area contributed by atoms with Gasteiger partial charge in [0, 0.05) is 26.2 Å². The number of para-hydroxylation sites is 3. The van der Waals surface area contributed by atoms with Crippen LogP contribution in [0.4, 0.5) is 5.69 Å². The summed E-state index contributed by atoms with van der Waals surface area (Å²) in [6.07, 6.45) is 1.71. The van der Waals surface area contributed by atoms with Crippen LogP contribution >= 0.6 is 0 Å². The molecule has 0 aromatic heterocycles. The number of carbonyl (C=O) groups is 1. The average Bonchev–Trinajstić information content (AvgIpc) is 3.20. The molecule has 0 saturated carbocycles. The van der Waals surface area contributed by atoms with Gasteiger partial charge in [0.1, 0.15) is 17.3 Å². The number of fused-ring (bicyclic) bond motifs is 2. The van der Waals surface area contributed by atoms with Crippen LogP contribution in [-0.2, 0) is 4.79 Å². The molecule has 0 N–H and O–H groups in total. The summed E-state index contributed by atoms with van der Waals surface area (Å²) in [6, 6.07) is 26.1. The molecule has 1 saturated heterocycles. The Bertz CT molecular complexity index is 1160. The number of aliphatic imine (C=N–C) groups is 1. The smallest absolute Gasteiger partial charge is 0.230 e. The molecule has 5 heteroatoms. The lowest BCUT2D eigenvalue weighted by atomic mass is 9.95. The molecule has 1 fully saturated rings. The molecule has 2 heterocycles. The zero-order chi connectivity index (χ0) is 22.6. The predicted octanol–water partition coefficient (Wildman–Crippen LogP) is 5.60. The van der Waals surface area contributed by atoms with Gasteiger partial charge in [0.05, 0.1) is 11.5 Å². The molecule has 3 aromatic carbocycles. The summed E-state index contributed by atoms with van der Waals surface area (Å²) < 4.78 is 6.20. The van der Waals surface area contributed by atoms with Crippen LogP contribution in [0.3, 0.4) is 0 Å². The number of amides is 1. The van der Waals surface area contributed by atoms with Crippen molar-refractivity contribution in [1.82, 2.24) is 9.80 Å². The molecule has 5 nitrogen and oxygen atoms in total. The summed E-state index contributed by atoms with van der Waals surface area (Å²) in [6.45, 7) is 5.13. The topological polar surface area (TPSA) is 45.1 Å². The van der Waals surface area contributed by atoms with E-state index in [9.17, 15) is 4.79 Å². The Morgan fingerprint density at radius 2 is 1.61 bits per heavy atom. The minimum Gasteiger partial charge on any atom is -0.454 e. The molecule has 33 heavy (non-hydrogen) atoms. The maximum absolute atomic E-state index is 13.4. The highest BCUT2D eigenvalue weighted by Crippen LogP contribution is 2.38. The normalized spacial score (nSPS) is 16.5. The number of hydrogen-bond acceptors (Lipinski definition) is 4. The highest BCUT2D eigenvalue weighted by atomic mass is 16.5. The number of amidine groups is 1. The van der Waals surface area contributed by atoms with Crippen molar-refractivity contribution < 1.29 is 9.53 Å². The lowest BCUT2D eigenvalue weighted by molar-refractivity contribution is -0.132. The molecule has 0 spiro atoms. The number of ether oxygens (including phenoxy) is 1. The number of benzene rings is 3. The van der Waals surface area contributed by atoms with Gasteiger partial charge < -0.3 is 14.5 Å². The van der Waals surface area contributed by atoms with E-state index in [1.54, 1.807) is 0 Å². The van der Waals surface area contributed by atoms with Crippen molar-refractivity contribution in [2.75, 3.05) is 26.2 Å². The third kappa shape index (κ3) is 4.36. The van der Waals surface area contributed by atoms with Crippen molar-refractivity contribution in [3.8, 4) is 11.5 Å². The number of hydrogen-bond donors (Lipinski definition) is 0. The van der Waals surface area contributed by atoms with E-state index in [2.05, 4.69) is 30.0 Å². The van der Waals surface area contributed by atoms with Crippen molar-refractivity contribution in [3.63, 3.8) is 0 Å². The standard InChI is InChI=1S/C28H29N3O2/c1-2-22(21-11-4-3-5-12-21)28(32)31-18-10-17-30(19-20-31)27-23-13-6-8-15-25(23)33-26-16-9-7-14-24(26)29-27/h3-9,11-16,22H,2,10,17-20H2,1H3/t22-/m1/s1. The first-order valence-corrected chi connectivity index (χ1v) is 11.8. The Morgan fingerprint density at radius 1 is 0.879 bits per heavy atom. The van der Waals surface area contributed by atoms with Crippen molar-refractivity contribution in [1.29, 1.82) is 0 Å². The summed E-state index contributed by atoms with van der Waals surface area (Å²) in [7, 11) is 0. The second kappa shape index (κ2) is 9.49. The van der Waals surface area contributed by atoms with Crippen LogP contribution in [0.15, 0.2) is 83.9 Å². The average molecular weight is 440 g/mol. The predicted molar refractivity (Wildman–Crippen MR) is 131 cm³/mol. The van der Waals surface area contributed by atoms with Crippen molar-refractivity contribution in [3.05, 3.63) is 90.0 Å². The van der Waals surface area contributed by atoms with Gasteiger partial charge in [0.25, 0.3) is 0 Å². The molecular weight excluding hydrogens is 410 g/mol. The summed E-state index contributed by atoms with van der Waals surface area (Å²) in [5.74, 6) is 2.63. The van der Waals surface area contributed by atoms with Gasteiger partial charge in [0.15, 0.2) is 5.75 Å². The largest absolute Gasteiger partial charge is 0.454 e. The van der Waals surface area contributed by atoms with Gasteiger partial charge in [-0.1, -0.05) is 61.5 Å². The lowest BCUT2D eigenvalue weighted by Crippen LogP contribution is -2.39. The van der Waals surface area contributed by atoms with Gasteiger partial charge in [-0.15, -0.1) is 0 Å². The minimum atomic E-state index is -0.0889. The Morgan fingerprint density at radius 3 is 2.42 bits per heavy atom. The Balaban J connectivity index is 1.40. The van der Waals surface area contributed by atoms with Gasteiger partial charge in [0.2, 0.25) is 5.91 Å². The summed E-state index contributed by atoms with van der Waals surface area (Å²) in [5, 5.41) is 0. The van der Waals surface area contributed by atoms with E-state index in [0.717, 1.165) is 66.6 Å².